The zero-order valence-corrected chi connectivity index (χ0v) is 21.5. The first-order chi connectivity index (χ1) is 17.4. The van der Waals surface area contributed by atoms with Gasteiger partial charge in [0, 0.05) is 19.0 Å². The number of carbonyl (C=O) groups excluding carboxylic acids is 1. The number of benzene rings is 1. The highest BCUT2D eigenvalue weighted by Gasteiger charge is 2.65. The first kappa shape index (κ1) is 23.9. The van der Waals surface area contributed by atoms with Gasteiger partial charge in [-0.2, -0.15) is 0 Å². The van der Waals surface area contributed by atoms with Crippen molar-refractivity contribution in [2.45, 2.75) is 63.8 Å². The molecule has 194 valence electrons. The van der Waals surface area contributed by atoms with E-state index in [9.17, 15) is 4.79 Å². The molecule has 2 aliphatic carbocycles. The summed E-state index contributed by atoms with van der Waals surface area (Å²) in [7, 11) is 3.29. The molecule has 4 aliphatic rings. The van der Waals surface area contributed by atoms with E-state index >= 15 is 0 Å². The van der Waals surface area contributed by atoms with Crippen LogP contribution in [0, 0.1) is 23.2 Å². The molecule has 7 nitrogen and oxygen atoms in total. The van der Waals surface area contributed by atoms with Gasteiger partial charge in [0.05, 0.1) is 45.2 Å². The Hall–Kier alpha value is -2.51. The van der Waals surface area contributed by atoms with Crippen molar-refractivity contribution in [1.82, 2.24) is 4.90 Å². The van der Waals surface area contributed by atoms with Crippen LogP contribution in [0.3, 0.4) is 0 Å². The van der Waals surface area contributed by atoms with Crippen molar-refractivity contribution in [2.75, 3.05) is 27.4 Å². The van der Waals surface area contributed by atoms with Crippen LogP contribution in [0.2, 0.25) is 0 Å². The number of rotatable bonds is 8. The van der Waals surface area contributed by atoms with Gasteiger partial charge in [0.25, 0.3) is 0 Å². The highest BCUT2D eigenvalue weighted by Crippen LogP contribution is 2.62. The Morgan fingerprint density at radius 3 is 2.67 bits per heavy atom. The van der Waals surface area contributed by atoms with Gasteiger partial charge < -0.3 is 23.4 Å². The molecule has 6 atom stereocenters. The largest absolute Gasteiger partial charge is 0.493 e. The predicted octanol–water partition coefficient (Wildman–Crippen LogP) is 4.83. The zero-order chi connectivity index (χ0) is 24.9. The first-order valence-corrected chi connectivity index (χ1v) is 13.2. The Morgan fingerprint density at radius 2 is 1.94 bits per heavy atom. The topological polar surface area (TPSA) is 73.7 Å². The average molecular weight is 496 g/mol. The van der Waals surface area contributed by atoms with Gasteiger partial charge in [-0.15, -0.1) is 0 Å². The summed E-state index contributed by atoms with van der Waals surface area (Å²) in [4.78, 5) is 15.6. The average Bonchev–Trinajstić information content (AvgIpc) is 3.31. The van der Waals surface area contributed by atoms with Gasteiger partial charge in [-0.1, -0.05) is 13.0 Å². The summed E-state index contributed by atoms with van der Waals surface area (Å²) in [5, 5.41) is 0. The lowest BCUT2D eigenvalue weighted by molar-refractivity contribution is -0.147. The number of epoxide rings is 1. The van der Waals surface area contributed by atoms with E-state index in [1.54, 1.807) is 20.5 Å². The van der Waals surface area contributed by atoms with Gasteiger partial charge in [0.15, 0.2) is 11.5 Å². The number of esters is 1. The minimum atomic E-state index is -0.146. The smallest absolute Gasteiger partial charge is 0.310 e. The molecule has 1 aromatic heterocycles. The molecule has 1 spiro atoms. The molecule has 2 aromatic rings. The zero-order valence-electron chi connectivity index (χ0n) is 21.5. The Kier molecular flexibility index (Phi) is 6.03. The van der Waals surface area contributed by atoms with Crippen LogP contribution in [0.1, 0.15) is 50.4 Å². The third kappa shape index (κ3) is 4.20. The van der Waals surface area contributed by atoms with Gasteiger partial charge in [0.2, 0.25) is 0 Å². The molecule has 0 bridgehead atoms. The third-order valence-corrected chi connectivity index (χ3v) is 9.35. The van der Waals surface area contributed by atoms with Crippen LogP contribution in [-0.2, 0) is 27.4 Å². The molecule has 2 unspecified atom stereocenters. The molecule has 0 N–H and O–H groups in total. The van der Waals surface area contributed by atoms with E-state index in [-0.39, 0.29) is 34.9 Å². The highest BCUT2D eigenvalue weighted by molar-refractivity contribution is 5.75. The minimum Gasteiger partial charge on any atom is -0.493 e. The lowest BCUT2D eigenvalue weighted by Crippen LogP contribution is -2.51. The fourth-order valence-electron chi connectivity index (χ4n) is 7.49. The maximum atomic E-state index is 13.3. The second kappa shape index (κ2) is 9.10. The van der Waals surface area contributed by atoms with E-state index in [0.29, 0.717) is 37.1 Å². The van der Waals surface area contributed by atoms with Crippen LogP contribution in [0.15, 0.2) is 41.0 Å². The maximum Gasteiger partial charge on any atom is 0.310 e. The van der Waals surface area contributed by atoms with E-state index < -0.39 is 0 Å². The van der Waals surface area contributed by atoms with Gasteiger partial charge in [-0.3, -0.25) is 9.69 Å². The molecule has 0 amide bonds. The Balaban J connectivity index is 1.23. The highest BCUT2D eigenvalue weighted by atomic mass is 16.6. The summed E-state index contributed by atoms with van der Waals surface area (Å²) in [6, 6.07) is 9.88. The van der Waals surface area contributed by atoms with Crippen molar-refractivity contribution in [3.8, 4) is 11.5 Å². The molecular weight excluding hydrogens is 458 g/mol. The van der Waals surface area contributed by atoms with Crippen molar-refractivity contribution in [2.24, 2.45) is 23.2 Å². The third-order valence-electron chi connectivity index (χ3n) is 9.35. The van der Waals surface area contributed by atoms with E-state index in [2.05, 4.69) is 17.9 Å². The summed E-state index contributed by atoms with van der Waals surface area (Å²) in [6.07, 6.45) is 7.27. The fourth-order valence-corrected chi connectivity index (χ4v) is 7.49. The standard InChI is InChI=1S/C29H37NO6/c1-28-9-5-10-29(18-35-29)26(28)13-21-22(27(31)36-25(21)14-28)17-30(16-20-6-4-11-34-20)15-19-7-8-23(32-2)24(12-19)33-3/h4,6-8,11-12,21-22,25-26H,5,9-10,13-18H2,1-3H3/t21-,22?,25-,26-,28-,29?/m1/s1. The number of hydrogen-bond donors (Lipinski definition) is 0. The van der Waals surface area contributed by atoms with Crippen molar-refractivity contribution < 1.29 is 28.2 Å². The van der Waals surface area contributed by atoms with Crippen molar-refractivity contribution in [1.29, 1.82) is 0 Å². The second-order valence-electron chi connectivity index (χ2n) is 11.5. The number of nitrogens with zero attached hydrogens (tertiary/aromatic N) is 1. The molecule has 1 aromatic carbocycles. The number of hydrogen-bond acceptors (Lipinski definition) is 7. The van der Waals surface area contributed by atoms with Crippen LogP contribution in [0.4, 0.5) is 0 Å². The Bertz CT molecular complexity index is 1100. The Morgan fingerprint density at radius 1 is 1.11 bits per heavy atom. The number of carbonyl (C=O) groups is 1. The monoisotopic (exact) mass is 495 g/mol. The summed E-state index contributed by atoms with van der Waals surface area (Å²) in [6.45, 7) is 5.20. The quantitative estimate of drug-likeness (QED) is 0.384. The van der Waals surface area contributed by atoms with E-state index in [1.165, 1.54) is 12.8 Å². The fraction of sp³-hybridized carbons (Fsp3) is 0.621. The SMILES string of the molecule is COc1ccc(CN(Cc2ccco2)CC2C(=O)O[C@@H]3C[C@@]4(C)CCCC5(CO5)[C@@H]4C[C@H]23)cc1OC. The van der Waals surface area contributed by atoms with Gasteiger partial charge in [-0.05, 0) is 73.3 Å². The predicted molar refractivity (Wildman–Crippen MR) is 133 cm³/mol. The van der Waals surface area contributed by atoms with Crippen molar-refractivity contribution in [3.05, 3.63) is 47.9 Å². The summed E-state index contributed by atoms with van der Waals surface area (Å²) in [5.41, 5.74) is 1.36. The molecule has 2 saturated carbocycles. The van der Waals surface area contributed by atoms with Crippen molar-refractivity contribution >= 4 is 5.97 Å². The molecule has 6 rings (SSSR count). The first-order valence-electron chi connectivity index (χ1n) is 13.2. The summed E-state index contributed by atoms with van der Waals surface area (Å²) < 4.78 is 28.8. The number of furan rings is 1. The molecular formula is C29H37NO6. The number of methoxy groups -OCH3 is 2. The van der Waals surface area contributed by atoms with Crippen LogP contribution in [0.5, 0.6) is 11.5 Å². The van der Waals surface area contributed by atoms with Crippen LogP contribution >= 0.6 is 0 Å². The molecule has 0 radical (unpaired) electrons. The number of fused-ring (bicyclic) bond motifs is 3. The van der Waals surface area contributed by atoms with Crippen LogP contribution < -0.4 is 9.47 Å². The second-order valence-corrected chi connectivity index (χ2v) is 11.5. The molecule has 4 fully saturated rings. The molecule has 2 aliphatic heterocycles. The van der Waals surface area contributed by atoms with Gasteiger partial charge in [0.1, 0.15) is 11.9 Å². The van der Waals surface area contributed by atoms with E-state index in [0.717, 1.165) is 37.2 Å². The lowest BCUT2D eigenvalue weighted by Gasteiger charge is -2.51. The number of ether oxygens (including phenoxy) is 4. The van der Waals surface area contributed by atoms with Crippen LogP contribution in [-0.4, -0.2) is 49.9 Å². The van der Waals surface area contributed by atoms with E-state index in [4.69, 9.17) is 23.4 Å². The van der Waals surface area contributed by atoms with Crippen LogP contribution in [0.25, 0.3) is 0 Å². The molecule has 7 heteroatoms. The lowest BCUT2D eigenvalue weighted by atomic mass is 9.53. The minimum absolute atomic E-state index is 0.0178. The van der Waals surface area contributed by atoms with Crippen molar-refractivity contribution in [3.63, 3.8) is 0 Å². The molecule has 2 saturated heterocycles. The summed E-state index contributed by atoms with van der Waals surface area (Å²) in [5.74, 6) is 2.84. The summed E-state index contributed by atoms with van der Waals surface area (Å²) >= 11 is 0. The van der Waals surface area contributed by atoms with Gasteiger partial charge in [-0.25, -0.2) is 0 Å². The molecule has 36 heavy (non-hydrogen) atoms. The molecule has 3 heterocycles. The van der Waals surface area contributed by atoms with Gasteiger partial charge >= 0.3 is 5.97 Å². The Labute approximate surface area is 213 Å². The van der Waals surface area contributed by atoms with E-state index in [1.807, 2.05) is 24.3 Å². The normalized spacial score (nSPS) is 34.8. The maximum absolute atomic E-state index is 13.3.